The molecule has 206 valence electrons. The lowest BCUT2D eigenvalue weighted by atomic mass is 9.95. The first-order valence-corrected chi connectivity index (χ1v) is 14.0. The minimum atomic E-state index is -1.000. The fourth-order valence-electron chi connectivity index (χ4n) is 7.05. The van der Waals surface area contributed by atoms with Crippen LogP contribution in [0.1, 0.15) is 38.5 Å². The highest BCUT2D eigenvalue weighted by Crippen LogP contribution is 2.43. The highest BCUT2D eigenvalue weighted by Gasteiger charge is 2.51. The van der Waals surface area contributed by atoms with Crippen LogP contribution in [0.2, 0.25) is 5.15 Å². The zero-order chi connectivity index (χ0) is 26.8. The molecule has 2 bridgehead atoms. The standard InChI is InChI=1S/C24H28BrClF2N6O4/c25-19-16-18(17(28)20(26)30-19)29-22(38-11-24-5-1-6-32(24)9-12(27)8-24)31-21(16)33-10-13-2-3-15(14(33)4-7-35)34(13)23(36)37/h12-15,35H,1-11H2,(H,36,37)/t12-,13-,14+,15+,24+/m1/s1. The molecule has 2 aromatic rings. The molecule has 1 amide bonds. The van der Waals surface area contributed by atoms with Crippen molar-refractivity contribution in [2.75, 3.05) is 37.7 Å². The van der Waals surface area contributed by atoms with Gasteiger partial charge in [-0.25, -0.2) is 18.6 Å². The Morgan fingerprint density at radius 1 is 1.26 bits per heavy atom. The number of hydrogen-bond acceptors (Lipinski definition) is 8. The first-order chi connectivity index (χ1) is 18.2. The van der Waals surface area contributed by atoms with Gasteiger partial charge in [0.25, 0.3) is 0 Å². The lowest BCUT2D eigenvalue weighted by Crippen LogP contribution is -2.61. The number of halogens is 4. The van der Waals surface area contributed by atoms with Gasteiger partial charge in [-0.05, 0) is 54.6 Å². The van der Waals surface area contributed by atoms with Crippen LogP contribution in [-0.4, -0.2) is 104 Å². The molecule has 6 heterocycles. The average Bonchev–Trinajstić information content (AvgIpc) is 3.51. The third kappa shape index (κ3) is 4.16. The third-order valence-corrected chi connectivity index (χ3v) is 9.43. The van der Waals surface area contributed by atoms with Gasteiger partial charge in [0.15, 0.2) is 11.0 Å². The van der Waals surface area contributed by atoms with Crippen LogP contribution in [0.15, 0.2) is 4.60 Å². The van der Waals surface area contributed by atoms with E-state index in [0.717, 1.165) is 19.4 Å². The summed E-state index contributed by atoms with van der Waals surface area (Å²) in [5.41, 5.74) is -0.526. The summed E-state index contributed by atoms with van der Waals surface area (Å²) in [4.78, 5) is 30.6. The number of hydrogen-bond donors (Lipinski definition) is 2. The minimum absolute atomic E-state index is 0.0696. The van der Waals surface area contributed by atoms with Crippen molar-refractivity contribution in [1.82, 2.24) is 24.8 Å². The largest absolute Gasteiger partial charge is 0.465 e. The van der Waals surface area contributed by atoms with Crippen LogP contribution in [0.5, 0.6) is 6.01 Å². The number of carbonyl (C=O) groups is 1. The van der Waals surface area contributed by atoms with Gasteiger partial charge >= 0.3 is 12.1 Å². The van der Waals surface area contributed by atoms with Gasteiger partial charge in [-0.2, -0.15) is 9.97 Å². The van der Waals surface area contributed by atoms with Crippen molar-refractivity contribution in [2.45, 2.75) is 68.4 Å². The molecule has 2 aromatic heterocycles. The summed E-state index contributed by atoms with van der Waals surface area (Å²) in [6.07, 6.45) is 1.79. The van der Waals surface area contributed by atoms with Gasteiger partial charge in [0, 0.05) is 26.1 Å². The van der Waals surface area contributed by atoms with Gasteiger partial charge in [-0.1, -0.05) is 11.6 Å². The second kappa shape index (κ2) is 9.83. The molecular formula is C24H28BrClF2N6O4. The van der Waals surface area contributed by atoms with Gasteiger partial charge in [-0.15, -0.1) is 0 Å². The number of fused-ring (bicyclic) bond motifs is 4. The molecule has 4 saturated heterocycles. The summed E-state index contributed by atoms with van der Waals surface area (Å²) in [5, 5.41) is 19.6. The topological polar surface area (TPSA) is 115 Å². The number of ether oxygens (including phenoxy) is 1. The van der Waals surface area contributed by atoms with Crippen LogP contribution in [0, 0.1) is 5.82 Å². The molecule has 4 aliphatic heterocycles. The molecule has 38 heavy (non-hydrogen) atoms. The van der Waals surface area contributed by atoms with Crippen LogP contribution < -0.4 is 9.64 Å². The Kier molecular flexibility index (Phi) is 6.76. The quantitative estimate of drug-likeness (QED) is 0.469. The van der Waals surface area contributed by atoms with E-state index in [4.69, 9.17) is 21.3 Å². The Balaban J connectivity index is 1.43. The van der Waals surface area contributed by atoms with E-state index in [1.54, 1.807) is 0 Å². The van der Waals surface area contributed by atoms with E-state index in [1.807, 2.05) is 4.90 Å². The Morgan fingerprint density at radius 2 is 2.08 bits per heavy atom. The number of aromatic nitrogens is 3. The summed E-state index contributed by atoms with van der Waals surface area (Å²) in [5.74, 6) is -0.495. The number of nitrogens with zero attached hydrogens (tertiary/aromatic N) is 6. The number of carboxylic acid groups (broad SMARTS) is 1. The molecule has 2 N–H and O–H groups in total. The molecule has 5 atom stereocenters. The smallest absolute Gasteiger partial charge is 0.407 e. The van der Waals surface area contributed by atoms with Crippen molar-refractivity contribution in [3.63, 3.8) is 0 Å². The maximum atomic E-state index is 15.3. The molecule has 0 saturated carbocycles. The Hall–Kier alpha value is -2.09. The number of pyridine rings is 1. The van der Waals surface area contributed by atoms with E-state index >= 15 is 4.39 Å². The van der Waals surface area contributed by atoms with Gasteiger partial charge in [-0.3, -0.25) is 9.80 Å². The van der Waals surface area contributed by atoms with Crippen LogP contribution in [0.25, 0.3) is 10.9 Å². The fraction of sp³-hybridized carbons (Fsp3) is 0.667. The van der Waals surface area contributed by atoms with Crippen molar-refractivity contribution in [3.8, 4) is 6.01 Å². The molecule has 0 aliphatic carbocycles. The van der Waals surface area contributed by atoms with E-state index in [2.05, 4.69) is 30.8 Å². The number of piperazine rings is 1. The predicted octanol–water partition coefficient (Wildman–Crippen LogP) is 3.62. The first kappa shape index (κ1) is 26.1. The zero-order valence-electron chi connectivity index (χ0n) is 20.5. The van der Waals surface area contributed by atoms with Crippen LogP contribution in [0.4, 0.5) is 19.4 Å². The summed E-state index contributed by atoms with van der Waals surface area (Å²) < 4.78 is 35.9. The Bertz CT molecular complexity index is 1280. The van der Waals surface area contributed by atoms with Crippen LogP contribution in [-0.2, 0) is 0 Å². The van der Waals surface area contributed by atoms with E-state index < -0.39 is 29.7 Å². The van der Waals surface area contributed by atoms with Crippen molar-refractivity contribution >= 4 is 50.3 Å². The number of anilines is 1. The van der Waals surface area contributed by atoms with Gasteiger partial charge in [0.2, 0.25) is 0 Å². The van der Waals surface area contributed by atoms with Gasteiger partial charge in [0.1, 0.15) is 28.7 Å². The second-order valence-electron chi connectivity index (χ2n) is 10.6. The van der Waals surface area contributed by atoms with Crippen molar-refractivity contribution in [3.05, 3.63) is 15.6 Å². The number of alkyl halides is 1. The molecule has 6 rings (SSSR count). The zero-order valence-corrected chi connectivity index (χ0v) is 22.8. The molecule has 0 spiro atoms. The van der Waals surface area contributed by atoms with Crippen molar-refractivity contribution in [1.29, 1.82) is 0 Å². The molecule has 10 nitrogen and oxygen atoms in total. The third-order valence-electron chi connectivity index (χ3n) is 8.61. The van der Waals surface area contributed by atoms with E-state index in [1.165, 1.54) is 4.90 Å². The summed E-state index contributed by atoms with van der Waals surface area (Å²) >= 11 is 9.44. The SMILES string of the molecule is O=C(O)N1[C@@H]2CC[C@H]1[C@H](CCO)N(c1nc(OC[C@@]34CCCN3C[C@H](F)C4)nc3c(F)c(Cl)nc(Br)c13)C2. The van der Waals surface area contributed by atoms with Gasteiger partial charge < -0.3 is 19.8 Å². The highest BCUT2D eigenvalue weighted by molar-refractivity contribution is 9.10. The van der Waals surface area contributed by atoms with Crippen LogP contribution >= 0.6 is 27.5 Å². The maximum Gasteiger partial charge on any atom is 0.407 e. The number of amides is 1. The van der Waals surface area contributed by atoms with Crippen LogP contribution in [0.3, 0.4) is 0 Å². The summed E-state index contributed by atoms with van der Waals surface area (Å²) in [7, 11) is 0. The van der Waals surface area contributed by atoms with Gasteiger partial charge in [0.05, 0.1) is 29.1 Å². The molecule has 0 radical (unpaired) electrons. The predicted molar refractivity (Wildman–Crippen MR) is 138 cm³/mol. The summed E-state index contributed by atoms with van der Waals surface area (Å²) in [6.45, 7) is 1.48. The molecule has 4 aliphatic rings. The van der Waals surface area contributed by atoms with E-state index in [9.17, 15) is 19.4 Å². The van der Waals surface area contributed by atoms with Crippen molar-refractivity contribution in [2.24, 2.45) is 0 Å². The molecular weight excluding hydrogens is 590 g/mol. The van der Waals surface area contributed by atoms with E-state index in [0.29, 0.717) is 44.6 Å². The average molecular weight is 618 g/mol. The normalized spacial score (nSPS) is 30.9. The van der Waals surface area contributed by atoms with E-state index in [-0.39, 0.29) is 52.0 Å². The lowest BCUT2D eigenvalue weighted by Gasteiger charge is -2.46. The Morgan fingerprint density at radius 3 is 2.84 bits per heavy atom. The molecule has 0 aromatic carbocycles. The first-order valence-electron chi connectivity index (χ1n) is 12.9. The highest BCUT2D eigenvalue weighted by atomic mass is 79.9. The number of rotatable bonds is 6. The minimum Gasteiger partial charge on any atom is -0.465 e. The maximum absolute atomic E-state index is 15.3. The Labute approximate surface area is 231 Å². The molecule has 14 heteroatoms. The molecule has 0 unspecified atom stereocenters. The van der Waals surface area contributed by atoms with Crippen molar-refractivity contribution < 1.29 is 28.5 Å². The number of aliphatic hydroxyl groups excluding tert-OH is 1. The monoisotopic (exact) mass is 616 g/mol. The lowest BCUT2D eigenvalue weighted by molar-refractivity contribution is 0.0948. The molecule has 4 fully saturated rings. The summed E-state index contributed by atoms with van der Waals surface area (Å²) in [6, 6.07) is -1.11. The number of aliphatic hydroxyl groups is 1. The fourth-order valence-corrected chi connectivity index (χ4v) is 7.87. The second-order valence-corrected chi connectivity index (χ2v) is 11.8.